The van der Waals surface area contributed by atoms with Crippen LogP contribution in [-0.2, 0) is 0 Å². The Morgan fingerprint density at radius 2 is 1.04 bits per heavy atom. The van der Waals surface area contributed by atoms with Crippen LogP contribution < -0.4 is 4.90 Å². The van der Waals surface area contributed by atoms with Crippen molar-refractivity contribution in [2.45, 2.75) is 58.8 Å². The molecular weight excluding hydrogens is 951 g/mol. The van der Waals surface area contributed by atoms with Crippen LogP contribution in [-0.4, -0.2) is 0 Å². The Labute approximate surface area is 464 Å². The Hall–Kier alpha value is -9.04. The fraction of sp³-hybridized carbons (Fsp3) is 0.128. The van der Waals surface area contributed by atoms with E-state index in [1.54, 1.807) is 0 Å². The van der Waals surface area contributed by atoms with Crippen molar-refractivity contribution < 1.29 is 0 Å². The van der Waals surface area contributed by atoms with Crippen LogP contribution in [0.25, 0.3) is 109 Å². The molecular formula is C78H63N. The zero-order chi connectivity index (χ0) is 52.8. The maximum atomic E-state index is 2.52. The maximum absolute atomic E-state index is 2.52. The summed E-state index contributed by atoms with van der Waals surface area (Å²) in [7, 11) is 0. The molecule has 0 aromatic heterocycles. The van der Waals surface area contributed by atoms with Crippen LogP contribution in [0.5, 0.6) is 0 Å². The quantitative estimate of drug-likeness (QED) is 0.117. The van der Waals surface area contributed by atoms with Gasteiger partial charge < -0.3 is 4.90 Å². The lowest BCUT2D eigenvalue weighted by molar-refractivity contribution is 0.704. The van der Waals surface area contributed by atoms with E-state index in [9.17, 15) is 0 Å². The highest BCUT2D eigenvalue weighted by atomic mass is 15.2. The van der Waals surface area contributed by atoms with Crippen molar-refractivity contribution in [2.75, 3.05) is 4.90 Å². The fourth-order valence-electron chi connectivity index (χ4n) is 13.3. The summed E-state index contributed by atoms with van der Waals surface area (Å²) in [6.07, 6.45) is 28.5. The molecule has 0 fully saturated rings. The van der Waals surface area contributed by atoms with Gasteiger partial charge in [-0.2, -0.15) is 0 Å². The molecule has 14 rings (SSSR count). The van der Waals surface area contributed by atoms with Gasteiger partial charge in [-0.15, -0.1) is 0 Å². The molecule has 0 saturated heterocycles. The third kappa shape index (κ3) is 8.85. The molecule has 0 N–H and O–H groups in total. The molecule has 0 saturated carbocycles. The molecule has 79 heavy (non-hydrogen) atoms. The number of nitrogens with zero attached hydrogens (tertiary/aromatic N) is 1. The van der Waals surface area contributed by atoms with Crippen LogP contribution in [0.15, 0.2) is 272 Å². The lowest BCUT2D eigenvalue weighted by atomic mass is 9.81. The first-order valence-corrected chi connectivity index (χ1v) is 28.7. The lowest BCUT2D eigenvalue weighted by Crippen LogP contribution is -2.22. The Morgan fingerprint density at radius 3 is 1.62 bits per heavy atom. The minimum atomic E-state index is 0.511. The first-order chi connectivity index (χ1) is 39.1. The van der Waals surface area contributed by atoms with Crippen molar-refractivity contribution in [1.29, 1.82) is 0 Å². The minimum Gasteiger partial charge on any atom is -0.315 e. The van der Waals surface area contributed by atoms with Crippen LogP contribution in [0, 0.1) is 5.92 Å². The lowest BCUT2D eigenvalue weighted by Gasteiger charge is -2.32. The van der Waals surface area contributed by atoms with Crippen molar-refractivity contribution in [2.24, 2.45) is 5.92 Å². The third-order valence-corrected chi connectivity index (χ3v) is 17.1. The second-order valence-electron chi connectivity index (χ2n) is 22.0. The van der Waals surface area contributed by atoms with E-state index in [1.807, 2.05) is 0 Å². The molecule has 0 heterocycles. The van der Waals surface area contributed by atoms with E-state index in [0.29, 0.717) is 5.92 Å². The van der Waals surface area contributed by atoms with Gasteiger partial charge in [-0.3, -0.25) is 0 Å². The predicted octanol–water partition coefficient (Wildman–Crippen LogP) is 22.1. The van der Waals surface area contributed by atoms with Gasteiger partial charge in [0.25, 0.3) is 0 Å². The Morgan fingerprint density at radius 1 is 0.481 bits per heavy atom. The largest absolute Gasteiger partial charge is 0.315 e. The fourth-order valence-corrected chi connectivity index (χ4v) is 13.3. The second-order valence-corrected chi connectivity index (χ2v) is 22.0. The summed E-state index contributed by atoms with van der Waals surface area (Å²) in [6, 6.07) is 75.3. The van der Waals surface area contributed by atoms with Crippen molar-refractivity contribution >= 4 is 81.5 Å². The number of allylic oxidation sites excluding steroid dienone is 13. The number of rotatable bonds is 11. The first-order valence-electron chi connectivity index (χ1n) is 28.7. The van der Waals surface area contributed by atoms with E-state index >= 15 is 0 Å². The number of hydrogen-bond donors (Lipinski definition) is 0. The van der Waals surface area contributed by atoms with Gasteiger partial charge in [0, 0.05) is 17.1 Å². The Kier molecular flexibility index (Phi) is 12.7. The smallest absolute Gasteiger partial charge is 0.0458 e. The van der Waals surface area contributed by atoms with E-state index in [-0.39, 0.29) is 0 Å². The first kappa shape index (κ1) is 48.3. The molecule has 1 atom stereocenters. The number of benzene rings is 11. The van der Waals surface area contributed by atoms with Crippen molar-refractivity contribution in [3.8, 4) is 33.4 Å². The molecule has 1 unspecified atom stereocenters. The van der Waals surface area contributed by atoms with Crippen LogP contribution in [0.1, 0.15) is 69.9 Å². The topological polar surface area (TPSA) is 3.24 Å². The molecule has 0 bridgehead atoms. The third-order valence-electron chi connectivity index (χ3n) is 17.1. The molecule has 0 spiro atoms. The molecule has 3 aliphatic carbocycles. The Bertz CT molecular complexity index is 4410. The van der Waals surface area contributed by atoms with E-state index in [0.717, 1.165) is 44.9 Å². The summed E-state index contributed by atoms with van der Waals surface area (Å²) >= 11 is 0. The summed E-state index contributed by atoms with van der Waals surface area (Å²) < 4.78 is 0. The average Bonchev–Trinajstić information content (AvgIpc) is 3.63. The van der Waals surface area contributed by atoms with Gasteiger partial charge in [0.2, 0.25) is 0 Å². The highest BCUT2D eigenvalue weighted by Crippen LogP contribution is 2.48. The standard InChI is InChI=1S/C78H63N/c1-3-19-61(48-57-23-8-7-20-52(57)2)76-69-30-15-13-28-67(69)75(68-29-14-16-31-70(68)76)56-40-45-66(46-41-56)79(64-26-5-4-6-27-64)65-43-38-55(39-44-65)60-42-47-73-74(51-60)78(63-37-35-54-22-10-12-25-59(54)50-63)72-33-18-17-32-71(72)77(73)62-36-34-53-21-9-11-24-58(53)49-62/h5,7-18,21-40,42-45,47-52H,3-4,6,19-20,41,46H2,1-2H3/b61-48+. The van der Waals surface area contributed by atoms with Crippen molar-refractivity contribution in [3.05, 3.63) is 283 Å². The van der Waals surface area contributed by atoms with Gasteiger partial charge in [-0.25, -0.2) is 0 Å². The summed E-state index contributed by atoms with van der Waals surface area (Å²) in [4.78, 5) is 2.52. The molecule has 11 aromatic rings. The van der Waals surface area contributed by atoms with Crippen molar-refractivity contribution in [3.63, 3.8) is 0 Å². The number of hydrogen-bond acceptors (Lipinski definition) is 1. The zero-order valence-corrected chi connectivity index (χ0v) is 45.2. The molecule has 0 aliphatic heterocycles. The molecule has 0 amide bonds. The van der Waals surface area contributed by atoms with Crippen molar-refractivity contribution in [1.82, 2.24) is 0 Å². The van der Waals surface area contributed by atoms with Gasteiger partial charge >= 0.3 is 0 Å². The van der Waals surface area contributed by atoms with Gasteiger partial charge in [-0.05, 0) is 213 Å². The van der Waals surface area contributed by atoms with E-state index in [2.05, 4.69) is 274 Å². The average molecular weight is 1010 g/mol. The van der Waals surface area contributed by atoms with E-state index in [4.69, 9.17) is 0 Å². The van der Waals surface area contributed by atoms with Gasteiger partial charge in [0.05, 0.1) is 0 Å². The summed E-state index contributed by atoms with van der Waals surface area (Å²) in [5.74, 6) is 0.511. The summed E-state index contributed by atoms with van der Waals surface area (Å²) in [5, 5.41) is 15.4. The summed E-state index contributed by atoms with van der Waals surface area (Å²) in [5.41, 5.74) is 18.2. The normalized spacial score (nSPS) is 15.7. The molecule has 1 nitrogen and oxygen atoms in total. The molecule has 0 radical (unpaired) electrons. The van der Waals surface area contributed by atoms with E-state index in [1.165, 1.54) is 143 Å². The van der Waals surface area contributed by atoms with Crippen LogP contribution in [0.4, 0.5) is 5.69 Å². The van der Waals surface area contributed by atoms with Crippen LogP contribution >= 0.6 is 0 Å². The molecule has 11 aromatic carbocycles. The number of anilines is 1. The van der Waals surface area contributed by atoms with Gasteiger partial charge in [0.15, 0.2) is 0 Å². The second kappa shape index (κ2) is 20.7. The molecule has 1 heteroatoms. The monoisotopic (exact) mass is 1010 g/mol. The predicted molar refractivity (Wildman–Crippen MR) is 342 cm³/mol. The van der Waals surface area contributed by atoms with Gasteiger partial charge in [0.1, 0.15) is 0 Å². The SMILES string of the molecule is CCC/C(=C\C1=CC=CCC1C)c1c2ccccc2c(C2=CC=C(N(C3=CCCC=C3)c3ccc(-c4ccc5c(-c6ccc7ccccc7c6)c6ccccc6c(-c6ccc7ccccc7c6)c5c4)cc3)CC2)c2ccccc12. The molecule has 380 valence electrons. The minimum absolute atomic E-state index is 0.511. The molecule has 3 aliphatic rings. The van der Waals surface area contributed by atoms with E-state index < -0.39 is 0 Å². The van der Waals surface area contributed by atoms with Crippen LogP contribution in [0.2, 0.25) is 0 Å². The highest BCUT2D eigenvalue weighted by Gasteiger charge is 2.25. The van der Waals surface area contributed by atoms with Gasteiger partial charge in [-0.1, -0.05) is 233 Å². The maximum Gasteiger partial charge on any atom is 0.0458 e. The highest BCUT2D eigenvalue weighted by molar-refractivity contribution is 6.23. The number of fused-ring (bicyclic) bond motifs is 6. The Balaban J connectivity index is 0.870. The van der Waals surface area contributed by atoms with Crippen LogP contribution in [0.3, 0.4) is 0 Å². The summed E-state index contributed by atoms with van der Waals surface area (Å²) in [6.45, 7) is 4.68. The zero-order valence-electron chi connectivity index (χ0n) is 45.2.